The van der Waals surface area contributed by atoms with Gasteiger partial charge in [-0.25, -0.2) is 4.98 Å². The van der Waals surface area contributed by atoms with E-state index in [2.05, 4.69) is 15.6 Å². The van der Waals surface area contributed by atoms with E-state index in [1.807, 2.05) is 0 Å². The van der Waals surface area contributed by atoms with Crippen molar-refractivity contribution in [1.29, 1.82) is 0 Å². The minimum atomic E-state index is -4.55. The second kappa shape index (κ2) is 9.05. The highest BCUT2D eigenvalue weighted by Crippen LogP contribution is 2.32. The van der Waals surface area contributed by atoms with Gasteiger partial charge in [-0.3, -0.25) is 14.9 Å². The van der Waals surface area contributed by atoms with E-state index in [-0.39, 0.29) is 40.2 Å². The van der Waals surface area contributed by atoms with Crippen LogP contribution in [-0.2, 0) is 6.18 Å². The third-order valence-electron chi connectivity index (χ3n) is 4.04. The SMILES string of the molecule is CC(C)(CNC(=O)c1cc([N+](=O)[O-])ccc1Cl)CNc1ncc(C(F)(F)F)cc1Cl. The van der Waals surface area contributed by atoms with E-state index < -0.39 is 28.0 Å². The zero-order chi connectivity index (χ0) is 22.7. The Balaban J connectivity index is 2.00. The van der Waals surface area contributed by atoms with E-state index in [1.165, 1.54) is 12.1 Å². The van der Waals surface area contributed by atoms with Gasteiger partial charge in [0, 0.05) is 31.4 Å². The van der Waals surface area contributed by atoms with Gasteiger partial charge in [-0.1, -0.05) is 37.0 Å². The molecule has 0 spiro atoms. The van der Waals surface area contributed by atoms with Gasteiger partial charge >= 0.3 is 6.18 Å². The van der Waals surface area contributed by atoms with Crippen LogP contribution in [0.1, 0.15) is 29.8 Å². The number of amides is 1. The highest BCUT2D eigenvalue weighted by molar-refractivity contribution is 6.34. The average molecular weight is 465 g/mol. The van der Waals surface area contributed by atoms with E-state index in [0.29, 0.717) is 6.20 Å². The van der Waals surface area contributed by atoms with Crippen molar-refractivity contribution in [2.24, 2.45) is 5.41 Å². The summed E-state index contributed by atoms with van der Waals surface area (Å²) in [4.78, 5) is 26.3. The van der Waals surface area contributed by atoms with Crippen LogP contribution >= 0.6 is 23.2 Å². The molecular formula is C18H17Cl2F3N4O3. The van der Waals surface area contributed by atoms with E-state index in [0.717, 1.165) is 12.1 Å². The molecule has 2 N–H and O–H groups in total. The molecule has 0 atom stereocenters. The maximum Gasteiger partial charge on any atom is 0.417 e. The Kier molecular flexibility index (Phi) is 7.14. The third kappa shape index (κ3) is 6.20. The highest BCUT2D eigenvalue weighted by Gasteiger charge is 2.31. The lowest BCUT2D eigenvalue weighted by atomic mass is 9.93. The molecule has 2 aromatic rings. The van der Waals surface area contributed by atoms with Crippen molar-refractivity contribution in [3.05, 3.63) is 61.7 Å². The molecule has 0 radical (unpaired) electrons. The molecule has 1 aromatic heterocycles. The number of rotatable bonds is 7. The maximum atomic E-state index is 12.7. The van der Waals surface area contributed by atoms with Crippen LogP contribution in [0, 0.1) is 15.5 Å². The van der Waals surface area contributed by atoms with Gasteiger partial charge in [0.05, 0.1) is 26.1 Å². The largest absolute Gasteiger partial charge is 0.417 e. The molecule has 0 fully saturated rings. The first-order valence-electron chi connectivity index (χ1n) is 8.49. The Morgan fingerprint density at radius 2 is 1.83 bits per heavy atom. The molecule has 2 rings (SSSR count). The van der Waals surface area contributed by atoms with Crippen LogP contribution in [-0.4, -0.2) is 28.9 Å². The van der Waals surface area contributed by atoms with Gasteiger partial charge in [0.25, 0.3) is 11.6 Å². The summed E-state index contributed by atoms with van der Waals surface area (Å²) in [6.07, 6.45) is -3.88. The summed E-state index contributed by atoms with van der Waals surface area (Å²) in [5.41, 5.74) is -1.84. The second-order valence-electron chi connectivity index (χ2n) is 7.17. The summed E-state index contributed by atoms with van der Waals surface area (Å²) in [5.74, 6) is -0.520. The Morgan fingerprint density at radius 1 is 1.17 bits per heavy atom. The monoisotopic (exact) mass is 464 g/mol. The van der Waals surface area contributed by atoms with Gasteiger partial charge in [0.15, 0.2) is 0 Å². The molecule has 0 saturated carbocycles. The number of benzene rings is 1. The average Bonchev–Trinajstić information content (AvgIpc) is 2.64. The first kappa shape index (κ1) is 23.7. The zero-order valence-electron chi connectivity index (χ0n) is 15.8. The lowest BCUT2D eigenvalue weighted by Crippen LogP contribution is -2.38. The normalized spacial score (nSPS) is 11.8. The topological polar surface area (TPSA) is 97.2 Å². The molecule has 1 aromatic carbocycles. The predicted molar refractivity (Wildman–Crippen MR) is 107 cm³/mol. The number of non-ortho nitro benzene ring substituents is 1. The fourth-order valence-electron chi connectivity index (χ4n) is 2.32. The third-order valence-corrected chi connectivity index (χ3v) is 4.65. The summed E-state index contributed by atoms with van der Waals surface area (Å²) in [7, 11) is 0. The summed E-state index contributed by atoms with van der Waals surface area (Å²) >= 11 is 11.8. The standard InChI is InChI=1S/C18H17Cl2F3N4O3/c1-17(2,8-25-15-14(20)5-10(7-24-15)18(21,22)23)9-26-16(28)12-6-11(27(29)30)3-4-13(12)19/h3-7H,8-9H2,1-2H3,(H,24,25)(H,26,28). The van der Waals surface area contributed by atoms with Gasteiger partial charge in [-0.05, 0) is 17.5 Å². The van der Waals surface area contributed by atoms with Crippen molar-refractivity contribution >= 4 is 40.6 Å². The number of aromatic nitrogens is 1. The quantitative estimate of drug-likeness (QED) is 0.434. The van der Waals surface area contributed by atoms with Crippen molar-refractivity contribution in [1.82, 2.24) is 10.3 Å². The van der Waals surface area contributed by atoms with Crippen molar-refractivity contribution in [2.45, 2.75) is 20.0 Å². The number of anilines is 1. The number of carbonyl (C=O) groups is 1. The second-order valence-corrected chi connectivity index (χ2v) is 7.99. The number of alkyl halides is 3. The summed E-state index contributed by atoms with van der Waals surface area (Å²) in [5, 5.41) is 16.2. The summed E-state index contributed by atoms with van der Waals surface area (Å²) in [6.45, 7) is 3.92. The fourth-order valence-corrected chi connectivity index (χ4v) is 2.76. The van der Waals surface area contributed by atoms with Crippen LogP contribution < -0.4 is 10.6 Å². The van der Waals surface area contributed by atoms with Crippen LogP contribution in [0.2, 0.25) is 10.0 Å². The molecule has 7 nitrogen and oxygen atoms in total. The number of nitrogens with one attached hydrogen (secondary N) is 2. The minimum absolute atomic E-state index is 0.0397. The molecule has 162 valence electrons. The molecule has 0 saturated heterocycles. The van der Waals surface area contributed by atoms with Gasteiger partial charge in [-0.15, -0.1) is 0 Å². The molecular weight excluding hydrogens is 448 g/mol. The number of hydrogen-bond donors (Lipinski definition) is 2. The number of carbonyl (C=O) groups excluding carboxylic acids is 1. The number of halogens is 5. The van der Waals surface area contributed by atoms with E-state index in [1.54, 1.807) is 13.8 Å². The first-order chi connectivity index (χ1) is 13.8. The fraction of sp³-hybridized carbons (Fsp3) is 0.333. The molecule has 0 unspecified atom stereocenters. The van der Waals surface area contributed by atoms with Gasteiger partial charge in [0.2, 0.25) is 0 Å². The Labute approximate surface area is 179 Å². The van der Waals surface area contributed by atoms with E-state index >= 15 is 0 Å². The smallest absolute Gasteiger partial charge is 0.368 e. The minimum Gasteiger partial charge on any atom is -0.368 e. The molecule has 30 heavy (non-hydrogen) atoms. The number of nitro groups is 1. The van der Waals surface area contributed by atoms with E-state index in [9.17, 15) is 28.1 Å². The maximum absolute atomic E-state index is 12.7. The lowest BCUT2D eigenvalue weighted by molar-refractivity contribution is -0.384. The molecule has 0 bridgehead atoms. The van der Waals surface area contributed by atoms with Gasteiger partial charge in [0.1, 0.15) is 5.82 Å². The van der Waals surface area contributed by atoms with E-state index in [4.69, 9.17) is 23.2 Å². The Bertz CT molecular complexity index is 968. The highest BCUT2D eigenvalue weighted by atomic mass is 35.5. The van der Waals surface area contributed by atoms with Crippen LogP contribution in [0.3, 0.4) is 0 Å². The molecule has 0 aliphatic heterocycles. The van der Waals surface area contributed by atoms with Crippen molar-refractivity contribution in [2.75, 3.05) is 18.4 Å². The van der Waals surface area contributed by atoms with Crippen LogP contribution in [0.25, 0.3) is 0 Å². The van der Waals surface area contributed by atoms with Crippen molar-refractivity contribution in [3.63, 3.8) is 0 Å². The van der Waals surface area contributed by atoms with Crippen LogP contribution in [0.4, 0.5) is 24.7 Å². The summed E-state index contributed by atoms with van der Waals surface area (Å²) in [6, 6.07) is 4.30. The zero-order valence-corrected chi connectivity index (χ0v) is 17.3. The first-order valence-corrected chi connectivity index (χ1v) is 9.24. The molecule has 0 aliphatic carbocycles. The number of nitro benzene ring substituents is 1. The number of pyridine rings is 1. The molecule has 12 heteroatoms. The molecule has 1 amide bonds. The molecule has 1 heterocycles. The lowest BCUT2D eigenvalue weighted by Gasteiger charge is -2.26. The van der Waals surface area contributed by atoms with Gasteiger partial charge < -0.3 is 10.6 Å². The number of nitrogens with zero attached hydrogens (tertiary/aromatic N) is 2. The van der Waals surface area contributed by atoms with Gasteiger partial charge in [-0.2, -0.15) is 13.2 Å². The van der Waals surface area contributed by atoms with Crippen molar-refractivity contribution in [3.8, 4) is 0 Å². The van der Waals surface area contributed by atoms with Crippen molar-refractivity contribution < 1.29 is 22.9 Å². The van der Waals surface area contributed by atoms with Crippen LogP contribution in [0.5, 0.6) is 0 Å². The van der Waals surface area contributed by atoms with Crippen LogP contribution in [0.15, 0.2) is 30.5 Å². The Hall–Kier alpha value is -2.59. The number of hydrogen-bond acceptors (Lipinski definition) is 5. The summed E-state index contributed by atoms with van der Waals surface area (Å²) < 4.78 is 38.0. The predicted octanol–water partition coefficient (Wildman–Crippen LogP) is 5.18. The Morgan fingerprint density at radius 3 is 2.40 bits per heavy atom. The molecule has 0 aliphatic rings.